The Kier molecular flexibility index (Phi) is 16.1. The molecule has 5 rings (SSSR count). The molecule has 16 nitrogen and oxygen atoms in total. The Labute approximate surface area is 412 Å². The summed E-state index contributed by atoms with van der Waals surface area (Å²) < 4.78 is 77.5. The van der Waals surface area contributed by atoms with Crippen molar-refractivity contribution in [3.8, 4) is 11.4 Å². The number of benzene rings is 3. The van der Waals surface area contributed by atoms with Crippen molar-refractivity contribution in [2.45, 2.75) is 36.0 Å². The molecule has 5 aromatic rings. The van der Waals surface area contributed by atoms with Crippen LogP contribution in [0.2, 0.25) is 0 Å². The van der Waals surface area contributed by atoms with Crippen LogP contribution in [0.15, 0.2) is 80.7 Å². The maximum absolute atomic E-state index is 14.5. The van der Waals surface area contributed by atoms with Gasteiger partial charge in [0.1, 0.15) is 15.8 Å². The number of carbonyl (C=O) groups is 2. The third-order valence-electron chi connectivity index (χ3n) is 6.57. The van der Waals surface area contributed by atoms with Crippen LogP contribution in [0.5, 0.6) is 0 Å². The van der Waals surface area contributed by atoms with Gasteiger partial charge in [-0.05, 0) is 71.8 Å². The van der Waals surface area contributed by atoms with Crippen molar-refractivity contribution in [2.24, 2.45) is 10.2 Å². The van der Waals surface area contributed by atoms with Crippen LogP contribution in [0.25, 0.3) is 17.0 Å². The SMILES string of the molecule is CC(C)(C)c1[nH]n2nc(-c3ccc(NS(=O)(=O)c4cc(C(=O)[O-])cc(C(=O)[O-])c4)cc3)nc2c1N=Nc1ccc(S(=O)(=O)[O-])cc1F.[K+].[K+].[K+]. The number of carbonyl (C=O) groups excluding carboxylic acids is 2. The van der Waals surface area contributed by atoms with Gasteiger partial charge in [-0.3, -0.25) is 9.82 Å². The Morgan fingerprint density at radius 3 is 1.94 bits per heavy atom. The van der Waals surface area contributed by atoms with Gasteiger partial charge in [0, 0.05) is 16.7 Å². The van der Waals surface area contributed by atoms with E-state index >= 15 is 0 Å². The molecule has 0 amide bonds. The Hall–Kier alpha value is -0.621. The third-order valence-corrected chi connectivity index (χ3v) is 8.76. The average Bonchev–Trinajstić information content (AvgIpc) is 3.55. The molecule has 0 aliphatic rings. The van der Waals surface area contributed by atoms with Crippen molar-refractivity contribution in [1.82, 2.24) is 19.8 Å². The number of H-pyrrole nitrogens is 1. The maximum atomic E-state index is 14.5. The van der Waals surface area contributed by atoms with Crippen LogP contribution in [-0.4, -0.2) is 53.1 Å². The first kappa shape index (κ1) is 45.5. The van der Waals surface area contributed by atoms with Crippen molar-refractivity contribution < 1.29 is 200 Å². The fourth-order valence-corrected chi connectivity index (χ4v) is 5.88. The molecule has 0 fully saturated rings. The van der Waals surface area contributed by atoms with E-state index in [4.69, 9.17) is 0 Å². The normalized spacial score (nSPS) is 11.8. The number of aromatic amines is 1. The van der Waals surface area contributed by atoms with E-state index in [0.29, 0.717) is 17.3 Å². The quantitative estimate of drug-likeness (QED) is 0.0805. The molecule has 0 bridgehead atoms. The Bertz CT molecular complexity index is 2310. The van der Waals surface area contributed by atoms with Crippen molar-refractivity contribution in [2.75, 3.05) is 4.72 Å². The fourth-order valence-electron chi connectivity index (χ4n) is 4.27. The number of aromatic carboxylic acids is 2. The second-order valence-corrected chi connectivity index (χ2v) is 14.1. The van der Waals surface area contributed by atoms with Crippen molar-refractivity contribution in [3.63, 3.8) is 0 Å². The van der Waals surface area contributed by atoms with Gasteiger partial charge in [-0.15, -0.1) is 15.3 Å². The zero-order chi connectivity index (χ0) is 34.5. The number of carboxylic acid groups (broad SMARTS) is 2. The van der Waals surface area contributed by atoms with Crippen LogP contribution in [0.1, 0.15) is 47.2 Å². The number of nitrogens with one attached hydrogen (secondary N) is 2. The molecule has 0 radical (unpaired) electrons. The summed E-state index contributed by atoms with van der Waals surface area (Å²) in [4.78, 5) is 25.6. The number of aromatic nitrogens is 4. The summed E-state index contributed by atoms with van der Waals surface area (Å²) in [6, 6.07) is 10.3. The minimum absolute atomic E-state index is 0. The minimum Gasteiger partial charge on any atom is -0.744 e. The maximum Gasteiger partial charge on any atom is 1.00 e. The monoisotopic (exact) mass is 799 g/mol. The van der Waals surface area contributed by atoms with E-state index in [1.54, 1.807) is 0 Å². The number of fused-ring (bicyclic) bond motifs is 1. The van der Waals surface area contributed by atoms with Gasteiger partial charge < -0.3 is 24.4 Å². The second-order valence-electron chi connectivity index (χ2n) is 11.0. The molecule has 0 spiro atoms. The molecule has 244 valence electrons. The van der Waals surface area contributed by atoms with Gasteiger partial charge in [0.2, 0.25) is 5.65 Å². The molecule has 0 aliphatic heterocycles. The number of halogens is 1. The first-order valence-electron chi connectivity index (χ1n) is 13.2. The molecule has 0 aliphatic carbocycles. The molecule has 0 saturated carbocycles. The van der Waals surface area contributed by atoms with Gasteiger partial charge in [0.05, 0.1) is 27.4 Å². The molecule has 2 aromatic heterocycles. The molecule has 3 aromatic carbocycles. The van der Waals surface area contributed by atoms with Crippen LogP contribution in [0.4, 0.5) is 21.5 Å². The van der Waals surface area contributed by atoms with Crippen LogP contribution in [0, 0.1) is 5.82 Å². The molecule has 50 heavy (non-hydrogen) atoms. The van der Waals surface area contributed by atoms with Crippen molar-refractivity contribution in [3.05, 3.63) is 83.3 Å². The number of anilines is 1. The van der Waals surface area contributed by atoms with Crippen LogP contribution in [0.3, 0.4) is 0 Å². The summed E-state index contributed by atoms with van der Waals surface area (Å²) >= 11 is 0. The number of carboxylic acids is 2. The smallest absolute Gasteiger partial charge is 0.744 e. The van der Waals surface area contributed by atoms with E-state index < -0.39 is 64.2 Å². The summed E-state index contributed by atoms with van der Waals surface area (Å²) in [5.41, 5.74) is -0.863. The molecule has 2 N–H and O–H groups in total. The standard InChI is InChI=1S/C28H24FN7O9S2.3K/c1-28(2,3)23-22(32-31-21-9-8-18(13-20(21)29)47(43,44)45)25-30-24(34-36(25)33-23)14-4-6-17(7-5-14)35-46(41,42)19-11-15(26(37)38)10-16(12-19)27(39)40;;;/h4-13,33,35H,1-3H3,(H,37,38)(H,39,40)(H,43,44,45);;;/q;3*+1/p-3. The Morgan fingerprint density at radius 1 is 0.860 bits per heavy atom. The zero-order valence-corrected chi connectivity index (χ0v) is 38.4. The van der Waals surface area contributed by atoms with E-state index in [0.717, 1.165) is 30.3 Å². The van der Waals surface area contributed by atoms with E-state index in [-0.39, 0.29) is 183 Å². The molecule has 2 heterocycles. The molecular weight excluding hydrogens is 779 g/mol. The predicted molar refractivity (Wildman–Crippen MR) is 156 cm³/mol. The predicted octanol–water partition coefficient (Wildman–Crippen LogP) is -6.98. The van der Waals surface area contributed by atoms with Gasteiger partial charge in [-0.25, -0.2) is 26.2 Å². The first-order valence-corrected chi connectivity index (χ1v) is 16.1. The molecule has 22 heteroatoms. The van der Waals surface area contributed by atoms with Crippen LogP contribution < -0.4 is 169 Å². The number of azo groups is 1. The summed E-state index contributed by atoms with van der Waals surface area (Å²) in [6.45, 7) is 5.59. The summed E-state index contributed by atoms with van der Waals surface area (Å²) in [7, 11) is -9.33. The second kappa shape index (κ2) is 17.7. The van der Waals surface area contributed by atoms with E-state index in [1.165, 1.54) is 28.9 Å². The van der Waals surface area contributed by atoms with Gasteiger partial charge in [0.25, 0.3) is 10.0 Å². The van der Waals surface area contributed by atoms with Crippen LogP contribution >= 0.6 is 0 Å². The Morgan fingerprint density at radius 2 is 1.44 bits per heavy atom. The minimum atomic E-state index is -4.88. The molecular formula is C28H21FK3N7O9S2. The molecule has 0 atom stereocenters. The van der Waals surface area contributed by atoms with Gasteiger partial charge in [-0.1, -0.05) is 20.8 Å². The van der Waals surface area contributed by atoms with Crippen molar-refractivity contribution in [1.29, 1.82) is 0 Å². The van der Waals surface area contributed by atoms with Crippen molar-refractivity contribution >= 4 is 54.8 Å². The molecule has 0 unspecified atom stereocenters. The summed E-state index contributed by atoms with van der Waals surface area (Å²) in [5, 5.41) is 38.0. The number of rotatable bonds is 9. The summed E-state index contributed by atoms with van der Waals surface area (Å²) in [5.74, 6) is -4.48. The first-order chi connectivity index (χ1) is 21.8. The van der Waals surface area contributed by atoms with E-state index in [2.05, 4.69) is 30.1 Å². The zero-order valence-electron chi connectivity index (χ0n) is 27.4. The number of nitrogens with zero attached hydrogens (tertiary/aromatic N) is 5. The average molecular weight is 800 g/mol. The number of hydrogen-bond acceptors (Lipinski definition) is 13. The van der Waals surface area contributed by atoms with Gasteiger partial charge >= 0.3 is 154 Å². The largest absolute Gasteiger partial charge is 1.00 e. The van der Waals surface area contributed by atoms with E-state index in [9.17, 15) is 45.6 Å². The third kappa shape index (κ3) is 10.5. The topological polar surface area (TPSA) is 254 Å². The summed E-state index contributed by atoms with van der Waals surface area (Å²) in [6.07, 6.45) is 0. The molecule has 0 saturated heterocycles. The number of hydrogen-bond donors (Lipinski definition) is 2. The fraction of sp³-hybridized carbons (Fsp3) is 0.143. The van der Waals surface area contributed by atoms with E-state index in [1.807, 2.05) is 20.8 Å². The van der Waals surface area contributed by atoms with Gasteiger partial charge in [0.15, 0.2) is 17.3 Å². The number of sulfonamides is 1. The van der Waals surface area contributed by atoms with Crippen LogP contribution in [-0.2, 0) is 25.6 Å². The van der Waals surface area contributed by atoms with Gasteiger partial charge in [-0.2, -0.15) is 4.63 Å². The Balaban J connectivity index is 0.00000289.